The van der Waals surface area contributed by atoms with E-state index < -0.39 is 10.9 Å². The molecule has 0 saturated carbocycles. The summed E-state index contributed by atoms with van der Waals surface area (Å²) in [7, 11) is 0. The van der Waals surface area contributed by atoms with E-state index in [2.05, 4.69) is 0 Å². The van der Waals surface area contributed by atoms with Crippen LogP contribution in [0, 0.1) is 10.1 Å². The number of nitrogens with zero attached hydrogens (tertiary/aromatic N) is 2. The van der Waals surface area contributed by atoms with Crippen LogP contribution in [0.15, 0.2) is 18.2 Å². The predicted molar refractivity (Wildman–Crippen MR) is 71.3 cm³/mol. The molecule has 0 aliphatic rings. The van der Waals surface area contributed by atoms with Gasteiger partial charge in [-0.3, -0.25) is 19.8 Å². The number of carboxylic acids is 1. The highest BCUT2D eigenvalue weighted by Crippen LogP contribution is 2.23. The summed E-state index contributed by atoms with van der Waals surface area (Å²) in [5, 5.41) is 19.7. The Morgan fingerprint density at radius 3 is 2.68 bits per heavy atom. The van der Waals surface area contributed by atoms with Gasteiger partial charge in [-0.25, -0.2) is 0 Å². The van der Waals surface area contributed by atoms with Crippen molar-refractivity contribution in [2.24, 2.45) is 0 Å². The van der Waals surface area contributed by atoms with Crippen molar-refractivity contribution >= 4 is 23.3 Å². The van der Waals surface area contributed by atoms with Gasteiger partial charge in [0.1, 0.15) is 0 Å². The first-order chi connectivity index (χ1) is 8.93. The minimum atomic E-state index is -0.911. The topological polar surface area (TPSA) is 83.7 Å². The van der Waals surface area contributed by atoms with Crippen molar-refractivity contribution in [1.29, 1.82) is 0 Å². The molecule has 104 valence electrons. The number of nitro benzene ring substituents is 1. The summed E-state index contributed by atoms with van der Waals surface area (Å²) in [6.45, 7) is 2.85. The summed E-state index contributed by atoms with van der Waals surface area (Å²) in [4.78, 5) is 22.5. The highest BCUT2D eigenvalue weighted by atomic mass is 35.5. The molecule has 1 aromatic rings. The third kappa shape index (κ3) is 4.84. The standard InChI is InChI=1S/C12H15ClN2O4/c1-2-5-14(8-12(16)17)7-9-3-4-10(15(18)19)6-11(9)13/h3-4,6H,2,5,7-8H2,1H3,(H,16,17). The second-order valence-electron chi connectivity index (χ2n) is 4.14. The molecule has 19 heavy (non-hydrogen) atoms. The normalized spacial score (nSPS) is 10.7. The van der Waals surface area contributed by atoms with Gasteiger partial charge in [0.15, 0.2) is 0 Å². The molecule has 7 heteroatoms. The number of benzene rings is 1. The number of hydrogen-bond acceptors (Lipinski definition) is 4. The maximum Gasteiger partial charge on any atom is 0.317 e. The number of carboxylic acid groups (broad SMARTS) is 1. The quantitative estimate of drug-likeness (QED) is 0.615. The Hall–Kier alpha value is -1.66. The summed E-state index contributed by atoms with van der Waals surface area (Å²) >= 11 is 5.98. The van der Waals surface area contributed by atoms with Crippen LogP contribution in [0.2, 0.25) is 5.02 Å². The first-order valence-corrected chi connectivity index (χ1v) is 6.18. The lowest BCUT2D eigenvalue weighted by atomic mass is 10.2. The second kappa shape index (κ2) is 7.06. The number of non-ortho nitro benzene ring substituents is 1. The Bertz CT molecular complexity index is 479. The van der Waals surface area contributed by atoms with Crippen LogP contribution in [0.1, 0.15) is 18.9 Å². The van der Waals surface area contributed by atoms with Crippen LogP contribution in [0.3, 0.4) is 0 Å². The molecule has 6 nitrogen and oxygen atoms in total. The molecule has 0 aliphatic heterocycles. The summed E-state index contributed by atoms with van der Waals surface area (Å²) in [5.41, 5.74) is 0.607. The maximum atomic E-state index is 10.7. The smallest absolute Gasteiger partial charge is 0.317 e. The first-order valence-electron chi connectivity index (χ1n) is 5.81. The molecule has 0 heterocycles. The fourth-order valence-electron chi connectivity index (χ4n) is 1.74. The Morgan fingerprint density at radius 2 is 2.21 bits per heavy atom. The summed E-state index contributed by atoms with van der Waals surface area (Å²) in [5.74, 6) is -0.911. The van der Waals surface area contributed by atoms with E-state index in [4.69, 9.17) is 16.7 Å². The average Bonchev–Trinajstić information content (AvgIpc) is 2.31. The molecule has 0 saturated heterocycles. The average molecular weight is 287 g/mol. The zero-order chi connectivity index (χ0) is 14.4. The van der Waals surface area contributed by atoms with E-state index in [0.717, 1.165) is 6.42 Å². The van der Waals surface area contributed by atoms with Gasteiger partial charge >= 0.3 is 5.97 Å². The van der Waals surface area contributed by atoms with Gasteiger partial charge in [-0.2, -0.15) is 0 Å². The second-order valence-corrected chi connectivity index (χ2v) is 4.54. The van der Waals surface area contributed by atoms with E-state index in [9.17, 15) is 14.9 Å². The van der Waals surface area contributed by atoms with Crippen molar-refractivity contribution < 1.29 is 14.8 Å². The van der Waals surface area contributed by atoms with Gasteiger partial charge in [-0.1, -0.05) is 18.5 Å². The molecule has 0 aromatic heterocycles. The van der Waals surface area contributed by atoms with Crippen LogP contribution in [0.25, 0.3) is 0 Å². The molecule has 1 aromatic carbocycles. The van der Waals surface area contributed by atoms with Crippen LogP contribution in [0.4, 0.5) is 5.69 Å². The van der Waals surface area contributed by atoms with Gasteiger partial charge in [0.25, 0.3) is 5.69 Å². The number of halogens is 1. The van der Waals surface area contributed by atoms with Gasteiger partial charge in [0.05, 0.1) is 16.5 Å². The SMILES string of the molecule is CCCN(CC(=O)O)Cc1ccc([N+](=O)[O-])cc1Cl. The minimum Gasteiger partial charge on any atom is -0.480 e. The van der Waals surface area contributed by atoms with Gasteiger partial charge in [-0.15, -0.1) is 0 Å². The molecule has 1 rings (SSSR count). The third-order valence-electron chi connectivity index (χ3n) is 2.54. The molecule has 0 radical (unpaired) electrons. The lowest BCUT2D eigenvalue weighted by molar-refractivity contribution is -0.384. The van der Waals surface area contributed by atoms with Gasteiger partial charge in [0, 0.05) is 18.7 Å². The van der Waals surface area contributed by atoms with Crippen LogP contribution in [0.5, 0.6) is 0 Å². The zero-order valence-corrected chi connectivity index (χ0v) is 11.3. The molecule has 0 fully saturated rings. The summed E-state index contributed by atoms with van der Waals surface area (Å²) < 4.78 is 0. The number of aliphatic carboxylic acids is 1. The largest absolute Gasteiger partial charge is 0.480 e. The molecule has 0 aliphatic carbocycles. The highest BCUT2D eigenvalue weighted by Gasteiger charge is 2.14. The van der Waals surface area contributed by atoms with Crippen molar-refractivity contribution in [2.75, 3.05) is 13.1 Å². The lowest BCUT2D eigenvalue weighted by Crippen LogP contribution is -2.30. The number of nitro groups is 1. The number of carbonyl (C=O) groups is 1. The molecule has 1 N–H and O–H groups in total. The Balaban J connectivity index is 2.84. The maximum absolute atomic E-state index is 10.7. The van der Waals surface area contributed by atoms with Crippen molar-refractivity contribution in [3.05, 3.63) is 38.9 Å². The lowest BCUT2D eigenvalue weighted by Gasteiger charge is -2.19. The van der Waals surface area contributed by atoms with Gasteiger partial charge in [0.2, 0.25) is 0 Å². The zero-order valence-electron chi connectivity index (χ0n) is 10.5. The van der Waals surface area contributed by atoms with Crippen LogP contribution in [-0.2, 0) is 11.3 Å². The van der Waals surface area contributed by atoms with Gasteiger partial charge in [-0.05, 0) is 24.6 Å². The van der Waals surface area contributed by atoms with E-state index in [1.54, 1.807) is 11.0 Å². The van der Waals surface area contributed by atoms with Crippen molar-refractivity contribution in [3.8, 4) is 0 Å². The summed E-state index contributed by atoms with van der Waals surface area (Å²) in [6.07, 6.45) is 0.817. The molecule has 0 atom stereocenters. The molecule has 0 bridgehead atoms. The fourth-order valence-corrected chi connectivity index (χ4v) is 1.97. The number of hydrogen-bond donors (Lipinski definition) is 1. The molecule has 0 spiro atoms. The van der Waals surface area contributed by atoms with Crippen molar-refractivity contribution in [2.45, 2.75) is 19.9 Å². The van der Waals surface area contributed by atoms with Crippen LogP contribution in [-0.4, -0.2) is 34.0 Å². The van der Waals surface area contributed by atoms with Crippen molar-refractivity contribution in [3.63, 3.8) is 0 Å². The molecule has 0 amide bonds. The molecular weight excluding hydrogens is 272 g/mol. The van der Waals surface area contributed by atoms with E-state index in [1.165, 1.54) is 12.1 Å². The fraction of sp³-hybridized carbons (Fsp3) is 0.417. The highest BCUT2D eigenvalue weighted by molar-refractivity contribution is 6.31. The van der Waals surface area contributed by atoms with E-state index in [0.29, 0.717) is 18.7 Å². The Kier molecular flexibility index (Phi) is 5.72. The van der Waals surface area contributed by atoms with Crippen LogP contribution < -0.4 is 0 Å². The first kappa shape index (κ1) is 15.4. The van der Waals surface area contributed by atoms with E-state index in [-0.39, 0.29) is 17.3 Å². The monoisotopic (exact) mass is 286 g/mol. The summed E-state index contributed by atoms with van der Waals surface area (Å²) in [6, 6.07) is 4.21. The van der Waals surface area contributed by atoms with Gasteiger partial charge < -0.3 is 5.11 Å². The van der Waals surface area contributed by atoms with Crippen molar-refractivity contribution in [1.82, 2.24) is 4.90 Å². The third-order valence-corrected chi connectivity index (χ3v) is 2.89. The van der Waals surface area contributed by atoms with E-state index in [1.807, 2.05) is 6.92 Å². The predicted octanol–water partition coefficient (Wildman–Crippen LogP) is 2.54. The Labute approximate surface area is 115 Å². The molecule has 0 unspecified atom stereocenters. The van der Waals surface area contributed by atoms with Crippen LogP contribution >= 0.6 is 11.6 Å². The van der Waals surface area contributed by atoms with E-state index >= 15 is 0 Å². The molecular formula is C12H15ClN2O4. The minimum absolute atomic E-state index is 0.0750. The Morgan fingerprint density at radius 1 is 1.53 bits per heavy atom. The number of rotatable bonds is 7.